The third-order valence-electron chi connectivity index (χ3n) is 3.36. The normalized spacial score (nSPS) is 10.3. The average molecular weight is 531 g/mol. The maximum absolute atomic E-state index is 11.5. The molecule has 0 saturated heterocycles. The number of amides is 1. The maximum atomic E-state index is 11.5. The van der Waals surface area contributed by atoms with Crippen LogP contribution < -0.4 is 14.8 Å². The molecular weight excluding hydrogens is 506 g/mol. The predicted octanol–water partition coefficient (Wildman–Crippen LogP) is 5.75. The van der Waals surface area contributed by atoms with Gasteiger partial charge in [0.1, 0.15) is 23.4 Å². The van der Waals surface area contributed by atoms with Crippen LogP contribution in [0.1, 0.15) is 36.7 Å². The number of carbonyl (C=O) groups is 2. The van der Waals surface area contributed by atoms with Crippen LogP contribution in [-0.2, 0) is 11.3 Å². The van der Waals surface area contributed by atoms with Gasteiger partial charge in [-0.1, -0.05) is 6.07 Å². The van der Waals surface area contributed by atoms with Crippen LogP contribution in [0.3, 0.4) is 0 Å². The number of methoxy groups -OCH3 is 2. The fraction of sp³-hybridized carbons (Fsp3) is 0.333. The van der Waals surface area contributed by atoms with E-state index in [1.54, 1.807) is 32.4 Å². The lowest BCUT2D eigenvalue weighted by Crippen LogP contribution is -2.32. The number of hydrogen-bond acceptors (Lipinski definition) is 5. The maximum Gasteiger partial charge on any atom is 0.407 e. The Kier molecular flexibility index (Phi) is 10.2. The second-order valence-corrected chi connectivity index (χ2v) is 8.54. The molecule has 6 nitrogen and oxygen atoms in total. The Hall–Kier alpha value is -2.06. The molecule has 0 atom stereocenters. The lowest BCUT2D eigenvalue weighted by atomic mass is 10.2. The third-order valence-corrected chi connectivity index (χ3v) is 4.60. The van der Waals surface area contributed by atoms with Crippen molar-refractivity contribution in [2.45, 2.75) is 32.9 Å². The first kappa shape index (κ1) is 25.0. The highest BCUT2D eigenvalue weighted by atomic mass is 79.9. The van der Waals surface area contributed by atoms with Crippen molar-refractivity contribution in [2.24, 2.45) is 0 Å². The van der Waals surface area contributed by atoms with E-state index in [1.165, 1.54) is 0 Å². The molecule has 2 rings (SSSR count). The van der Waals surface area contributed by atoms with Crippen LogP contribution in [-0.4, -0.2) is 32.2 Å². The van der Waals surface area contributed by atoms with Gasteiger partial charge in [-0.25, -0.2) is 4.79 Å². The smallest absolute Gasteiger partial charge is 0.407 e. The molecule has 8 heteroatoms. The van der Waals surface area contributed by atoms with Crippen LogP contribution in [0.25, 0.3) is 0 Å². The van der Waals surface area contributed by atoms with Crippen molar-refractivity contribution in [1.82, 2.24) is 5.32 Å². The molecular formula is C21H25Br2NO5. The van der Waals surface area contributed by atoms with Crippen molar-refractivity contribution in [1.29, 1.82) is 0 Å². The fourth-order valence-electron chi connectivity index (χ4n) is 2.06. The van der Waals surface area contributed by atoms with Gasteiger partial charge in [0.2, 0.25) is 0 Å². The highest BCUT2D eigenvalue weighted by Gasteiger charge is 2.15. The highest BCUT2D eigenvalue weighted by Crippen LogP contribution is 2.26. The molecule has 2 aromatic rings. The Bertz CT molecular complexity index is 834. The summed E-state index contributed by atoms with van der Waals surface area (Å²) in [5.41, 5.74) is 1.12. The van der Waals surface area contributed by atoms with Crippen molar-refractivity contribution >= 4 is 44.2 Å². The molecule has 0 radical (unpaired) electrons. The zero-order chi connectivity index (χ0) is 22.0. The molecule has 0 heterocycles. The molecule has 0 spiro atoms. The summed E-state index contributed by atoms with van der Waals surface area (Å²) in [5.74, 6) is 1.49. The van der Waals surface area contributed by atoms with E-state index in [-0.39, 0.29) is 0 Å². The summed E-state index contributed by atoms with van der Waals surface area (Å²) >= 11 is 6.66. The molecule has 0 unspecified atom stereocenters. The molecule has 0 aliphatic rings. The summed E-state index contributed by atoms with van der Waals surface area (Å²) in [6, 6.07) is 10.8. The molecule has 1 N–H and O–H groups in total. The van der Waals surface area contributed by atoms with E-state index in [0.717, 1.165) is 32.3 Å². The second-order valence-electron chi connectivity index (χ2n) is 6.84. The van der Waals surface area contributed by atoms with E-state index in [1.807, 2.05) is 39.0 Å². The number of alkyl carbamates (subject to hydrolysis) is 1. The van der Waals surface area contributed by atoms with Gasteiger partial charge < -0.3 is 19.5 Å². The van der Waals surface area contributed by atoms with Gasteiger partial charge in [-0.05, 0) is 88.5 Å². The average Bonchev–Trinajstić information content (AvgIpc) is 2.65. The van der Waals surface area contributed by atoms with Gasteiger partial charge in [-0.2, -0.15) is 0 Å². The van der Waals surface area contributed by atoms with Crippen LogP contribution in [0.2, 0.25) is 0 Å². The van der Waals surface area contributed by atoms with Crippen molar-refractivity contribution < 1.29 is 23.8 Å². The molecule has 2 aromatic carbocycles. The Morgan fingerprint density at radius 1 is 1.00 bits per heavy atom. The standard InChI is InChI=1S/C13H18BrNO3.C8H7BrO2/c1-13(2,3)18-12(16)15-8-9-5-6-11(17-4)10(14)7-9;1-11-8-3-2-6(5-10)4-7(8)9/h5-7H,8H2,1-4H3,(H,15,16);2-5H,1H3. The second kappa shape index (κ2) is 11.8. The Morgan fingerprint density at radius 2 is 1.55 bits per heavy atom. The number of hydrogen-bond donors (Lipinski definition) is 1. The van der Waals surface area contributed by atoms with E-state index in [2.05, 4.69) is 37.2 Å². The van der Waals surface area contributed by atoms with E-state index in [0.29, 0.717) is 12.1 Å². The third kappa shape index (κ3) is 9.32. The van der Waals surface area contributed by atoms with E-state index >= 15 is 0 Å². The Balaban J connectivity index is 0.000000326. The van der Waals surface area contributed by atoms with Gasteiger partial charge in [0.05, 0.1) is 23.2 Å². The minimum absolute atomic E-state index is 0.414. The summed E-state index contributed by atoms with van der Waals surface area (Å²) in [5, 5.41) is 2.70. The first-order valence-electron chi connectivity index (χ1n) is 8.67. The van der Waals surface area contributed by atoms with Gasteiger partial charge in [0.15, 0.2) is 0 Å². The highest BCUT2D eigenvalue weighted by molar-refractivity contribution is 9.10. The summed E-state index contributed by atoms with van der Waals surface area (Å²) in [6.45, 7) is 5.90. The van der Waals surface area contributed by atoms with Gasteiger partial charge in [-0.3, -0.25) is 4.79 Å². The molecule has 158 valence electrons. The number of rotatable bonds is 5. The number of benzene rings is 2. The number of halogens is 2. The number of aldehydes is 1. The zero-order valence-electron chi connectivity index (χ0n) is 17.0. The summed E-state index contributed by atoms with van der Waals surface area (Å²) in [6.07, 6.45) is 0.374. The van der Waals surface area contributed by atoms with E-state index in [4.69, 9.17) is 14.2 Å². The van der Waals surface area contributed by atoms with Crippen LogP contribution >= 0.6 is 31.9 Å². The minimum Gasteiger partial charge on any atom is -0.496 e. The molecule has 0 aromatic heterocycles. The largest absolute Gasteiger partial charge is 0.496 e. The van der Waals surface area contributed by atoms with Crippen molar-refractivity contribution in [3.63, 3.8) is 0 Å². The van der Waals surface area contributed by atoms with Crippen molar-refractivity contribution in [3.05, 3.63) is 56.5 Å². The number of carbonyl (C=O) groups excluding carboxylic acids is 2. The summed E-state index contributed by atoms with van der Waals surface area (Å²) < 4.78 is 16.9. The molecule has 0 aliphatic carbocycles. The molecule has 0 saturated carbocycles. The fourth-order valence-corrected chi connectivity index (χ4v) is 3.21. The monoisotopic (exact) mass is 529 g/mol. The van der Waals surface area contributed by atoms with Gasteiger partial charge >= 0.3 is 6.09 Å². The summed E-state index contributed by atoms with van der Waals surface area (Å²) in [7, 11) is 3.19. The molecule has 0 fully saturated rings. The first-order chi connectivity index (χ1) is 13.6. The van der Waals surface area contributed by atoms with Crippen molar-refractivity contribution in [2.75, 3.05) is 14.2 Å². The predicted molar refractivity (Wildman–Crippen MR) is 120 cm³/mol. The number of ether oxygens (including phenoxy) is 3. The van der Waals surface area contributed by atoms with Gasteiger partial charge in [-0.15, -0.1) is 0 Å². The Morgan fingerprint density at radius 3 is 2.00 bits per heavy atom. The molecule has 1 amide bonds. The van der Waals surface area contributed by atoms with Crippen LogP contribution in [0, 0.1) is 0 Å². The first-order valence-corrected chi connectivity index (χ1v) is 10.3. The van der Waals surface area contributed by atoms with Gasteiger partial charge in [0.25, 0.3) is 0 Å². The van der Waals surface area contributed by atoms with Crippen LogP contribution in [0.5, 0.6) is 11.5 Å². The zero-order valence-corrected chi connectivity index (χ0v) is 20.2. The SMILES string of the molecule is COc1ccc(C=O)cc1Br.COc1ccc(CNC(=O)OC(C)(C)C)cc1Br. The quantitative estimate of drug-likeness (QED) is 0.498. The van der Waals surface area contributed by atoms with Gasteiger partial charge in [0, 0.05) is 12.1 Å². The van der Waals surface area contributed by atoms with Crippen LogP contribution in [0.4, 0.5) is 4.79 Å². The summed E-state index contributed by atoms with van der Waals surface area (Å²) in [4.78, 5) is 21.8. The van der Waals surface area contributed by atoms with Crippen LogP contribution in [0.15, 0.2) is 45.3 Å². The van der Waals surface area contributed by atoms with Crippen molar-refractivity contribution in [3.8, 4) is 11.5 Å². The number of nitrogens with one attached hydrogen (secondary N) is 1. The lowest BCUT2D eigenvalue weighted by Gasteiger charge is -2.19. The topological polar surface area (TPSA) is 73.9 Å². The molecule has 29 heavy (non-hydrogen) atoms. The lowest BCUT2D eigenvalue weighted by molar-refractivity contribution is 0.0523. The molecule has 0 aliphatic heterocycles. The Labute approximate surface area is 188 Å². The molecule has 0 bridgehead atoms. The van der Waals surface area contributed by atoms with E-state index < -0.39 is 11.7 Å². The van der Waals surface area contributed by atoms with E-state index in [9.17, 15) is 9.59 Å². The minimum atomic E-state index is -0.482.